The number of amides is 2. The van der Waals surface area contributed by atoms with Crippen LogP contribution in [0.15, 0.2) is 108 Å². The van der Waals surface area contributed by atoms with Gasteiger partial charge in [-0.2, -0.15) is 0 Å². The number of hydrogen-bond acceptors (Lipinski definition) is 5. The number of rotatable bonds is 7. The summed E-state index contributed by atoms with van der Waals surface area (Å²) in [5, 5.41) is 9.51. The average molecular weight is 545 g/mol. The number of carbonyl (C=O) groups excluding carboxylic acids is 1. The maximum atomic E-state index is 13.9. The summed E-state index contributed by atoms with van der Waals surface area (Å²) < 4.78 is 9.06. The van der Waals surface area contributed by atoms with Gasteiger partial charge in [0.2, 0.25) is 5.78 Å². The van der Waals surface area contributed by atoms with Crippen molar-refractivity contribution in [2.75, 3.05) is 12.0 Å². The van der Waals surface area contributed by atoms with E-state index in [1.54, 1.807) is 22.6 Å². The lowest BCUT2D eigenvalue weighted by molar-refractivity contribution is 0.252. The SMILES string of the molecule is COc1ccccc1-c1nnc2n(Cc3ccccc3N(C(N)=O)C(C)c3ccccc3)c(=O)c3ccccc3n12. The zero-order chi connectivity index (χ0) is 28.5. The molecule has 0 radical (unpaired) electrons. The van der Waals surface area contributed by atoms with E-state index in [1.165, 1.54) is 0 Å². The number of nitrogens with zero attached hydrogens (tertiary/aromatic N) is 5. The smallest absolute Gasteiger partial charge is 0.319 e. The summed E-state index contributed by atoms with van der Waals surface area (Å²) >= 11 is 0. The van der Waals surface area contributed by atoms with Gasteiger partial charge in [-0.1, -0.05) is 72.8 Å². The Morgan fingerprint density at radius 3 is 2.37 bits per heavy atom. The Hall–Kier alpha value is -5.44. The number of nitrogens with two attached hydrogens (primary N) is 1. The predicted molar refractivity (Wildman–Crippen MR) is 159 cm³/mol. The van der Waals surface area contributed by atoms with Crippen LogP contribution in [0.2, 0.25) is 0 Å². The molecule has 9 heteroatoms. The van der Waals surface area contributed by atoms with E-state index in [9.17, 15) is 9.59 Å². The molecule has 0 aliphatic heterocycles. The lowest BCUT2D eigenvalue weighted by Gasteiger charge is -2.30. The third kappa shape index (κ3) is 4.47. The van der Waals surface area contributed by atoms with Gasteiger partial charge in [0.1, 0.15) is 5.75 Å². The highest BCUT2D eigenvalue weighted by Crippen LogP contribution is 2.32. The first kappa shape index (κ1) is 25.8. The van der Waals surface area contributed by atoms with Crippen LogP contribution in [0, 0.1) is 0 Å². The van der Waals surface area contributed by atoms with Gasteiger partial charge in [-0.3, -0.25) is 18.7 Å². The summed E-state index contributed by atoms with van der Waals surface area (Å²) in [6.45, 7) is 2.06. The van der Waals surface area contributed by atoms with Crippen molar-refractivity contribution in [2.24, 2.45) is 5.73 Å². The van der Waals surface area contributed by atoms with Crippen molar-refractivity contribution in [3.63, 3.8) is 0 Å². The van der Waals surface area contributed by atoms with Gasteiger partial charge in [0.15, 0.2) is 5.82 Å². The summed E-state index contributed by atoms with van der Waals surface area (Å²) in [5.41, 5.74) is 9.42. The normalized spacial score (nSPS) is 12.0. The van der Waals surface area contributed by atoms with Crippen LogP contribution in [0.5, 0.6) is 5.75 Å². The Bertz CT molecular complexity index is 1950. The van der Waals surface area contributed by atoms with Gasteiger partial charge in [-0.25, -0.2) is 4.79 Å². The number of hydrogen-bond donors (Lipinski definition) is 1. The van der Waals surface area contributed by atoms with E-state index in [4.69, 9.17) is 10.5 Å². The van der Waals surface area contributed by atoms with E-state index in [0.717, 1.165) is 16.7 Å². The van der Waals surface area contributed by atoms with Crippen LogP contribution in [-0.4, -0.2) is 32.3 Å². The number of aromatic nitrogens is 4. The van der Waals surface area contributed by atoms with Crippen molar-refractivity contribution in [3.05, 3.63) is 125 Å². The number of anilines is 1. The second kappa shape index (κ2) is 10.6. The minimum atomic E-state index is -0.592. The topological polar surface area (TPSA) is 108 Å². The zero-order valence-corrected chi connectivity index (χ0v) is 22.6. The van der Waals surface area contributed by atoms with Crippen molar-refractivity contribution in [2.45, 2.75) is 19.5 Å². The number of ether oxygens (including phenoxy) is 1. The molecule has 1 unspecified atom stereocenters. The fraction of sp³-hybridized carbons (Fsp3) is 0.125. The quantitative estimate of drug-likeness (QED) is 0.289. The van der Waals surface area contributed by atoms with Gasteiger partial charge in [0, 0.05) is 0 Å². The Balaban J connectivity index is 1.55. The lowest BCUT2D eigenvalue weighted by Crippen LogP contribution is -2.38. The van der Waals surface area contributed by atoms with Gasteiger partial charge in [-0.15, -0.1) is 10.2 Å². The minimum absolute atomic E-state index is 0.138. The molecule has 0 bridgehead atoms. The predicted octanol–water partition coefficient (Wildman–Crippen LogP) is 5.41. The third-order valence-electron chi connectivity index (χ3n) is 7.34. The number of methoxy groups -OCH3 is 1. The molecular formula is C32H28N6O3. The van der Waals surface area contributed by atoms with Gasteiger partial charge >= 0.3 is 6.03 Å². The Kier molecular flexibility index (Phi) is 6.68. The van der Waals surface area contributed by atoms with Crippen molar-refractivity contribution < 1.29 is 9.53 Å². The molecule has 0 fully saturated rings. The largest absolute Gasteiger partial charge is 0.496 e. The van der Waals surface area contributed by atoms with Crippen LogP contribution < -0.4 is 20.9 Å². The molecule has 0 saturated heterocycles. The second-order valence-corrected chi connectivity index (χ2v) is 9.69. The van der Waals surface area contributed by atoms with Crippen LogP contribution >= 0.6 is 0 Å². The maximum Gasteiger partial charge on any atom is 0.319 e. The number of carbonyl (C=O) groups is 1. The van der Waals surface area contributed by atoms with Crippen LogP contribution in [0.25, 0.3) is 28.1 Å². The molecule has 4 aromatic carbocycles. The van der Waals surface area contributed by atoms with Gasteiger partial charge < -0.3 is 10.5 Å². The van der Waals surface area contributed by atoms with Crippen LogP contribution in [-0.2, 0) is 6.54 Å². The first-order chi connectivity index (χ1) is 20.0. The van der Waals surface area contributed by atoms with Crippen LogP contribution in [0.4, 0.5) is 10.5 Å². The van der Waals surface area contributed by atoms with Crippen LogP contribution in [0.1, 0.15) is 24.1 Å². The van der Waals surface area contributed by atoms with E-state index in [0.29, 0.717) is 33.9 Å². The molecule has 1 atom stereocenters. The first-order valence-electron chi connectivity index (χ1n) is 13.2. The molecule has 9 nitrogen and oxygen atoms in total. The molecule has 0 saturated carbocycles. The Labute approximate surface area is 236 Å². The molecule has 204 valence electrons. The number of benzene rings is 4. The van der Waals surface area contributed by atoms with E-state index in [1.807, 2.05) is 108 Å². The Morgan fingerprint density at radius 2 is 1.59 bits per heavy atom. The number of primary amides is 1. The zero-order valence-electron chi connectivity index (χ0n) is 22.6. The molecule has 2 heterocycles. The monoisotopic (exact) mass is 544 g/mol. The van der Waals surface area contributed by atoms with Gasteiger partial charge in [0.05, 0.1) is 41.9 Å². The molecule has 0 aliphatic carbocycles. The molecule has 41 heavy (non-hydrogen) atoms. The van der Waals surface area contributed by atoms with Crippen LogP contribution in [0.3, 0.4) is 0 Å². The maximum absolute atomic E-state index is 13.9. The highest BCUT2D eigenvalue weighted by molar-refractivity contribution is 5.92. The molecule has 2 amide bonds. The molecule has 6 aromatic rings. The average Bonchev–Trinajstić information content (AvgIpc) is 3.45. The summed E-state index contributed by atoms with van der Waals surface area (Å²) in [6, 6.07) is 31.1. The summed E-state index contributed by atoms with van der Waals surface area (Å²) in [5.74, 6) is 1.55. The lowest BCUT2D eigenvalue weighted by atomic mass is 10.0. The van der Waals surface area contributed by atoms with Crippen molar-refractivity contribution in [3.8, 4) is 17.1 Å². The molecular weight excluding hydrogens is 516 g/mol. The molecule has 2 N–H and O–H groups in total. The van der Waals surface area contributed by atoms with E-state index < -0.39 is 6.03 Å². The molecule has 2 aromatic heterocycles. The van der Waals surface area contributed by atoms with E-state index in [-0.39, 0.29) is 18.1 Å². The van der Waals surface area contributed by atoms with Crippen molar-refractivity contribution in [1.82, 2.24) is 19.2 Å². The Morgan fingerprint density at radius 1 is 0.902 bits per heavy atom. The van der Waals surface area contributed by atoms with Gasteiger partial charge in [0.25, 0.3) is 5.56 Å². The highest BCUT2D eigenvalue weighted by Gasteiger charge is 2.25. The second-order valence-electron chi connectivity index (χ2n) is 9.69. The first-order valence-corrected chi connectivity index (χ1v) is 13.2. The number of urea groups is 1. The fourth-order valence-corrected chi connectivity index (χ4v) is 5.35. The summed E-state index contributed by atoms with van der Waals surface area (Å²) in [7, 11) is 1.61. The van der Waals surface area contributed by atoms with E-state index >= 15 is 0 Å². The molecule has 0 aliphatic rings. The number of fused-ring (bicyclic) bond motifs is 3. The minimum Gasteiger partial charge on any atom is -0.496 e. The summed E-state index contributed by atoms with van der Waals surface area (Å²) in [4.78, 5) is 28.3. The van der Waals surface area contributed by atoms with Gasteiger partial charge in [-0.05, 0) is 48.4 Å². The fourth-order valence-electron chi connectivity index (χ4n) is 5.35. The van der Waals surface area contributed by atoms with E-state index in [2.05, 4.69) is 10.2 Å². The number of para-hydroxylation sites is 3. The molecule has 6 rings (SSSR count). The third-order valence-corrected chi connectivity index (χ3v) is 7.34. The molecule has 0 spiro atoms. The van der Waals surface area contributed by atoms with Crippen molar-refractivity contribution in [1.29, 1.82) is 0 Å². The summed E-state index contributed by atoms with van der Waals surface area (Å²) in [6.07, 6.45) is 0. The van der Waals surface area contributed by atoms with Crippen molar-refractivity contribution >= 4 is 28.4 Å². The highest BCUT2D eigenvalue weighted by atomic mass is 16.5. The standard InChI is InChI=1S/C32H28N6O3/c1-21(22-12-4-3-5-13-22)37(31(33)40)26-17-9-6-14-23(26)20-36-30(39)24-15-7-10-18-27(24)38-29(34-35-32(36)38)25-16-8-11-19-28(25)41-2/h3-19,21H,20H2,1-2H3,(H2,33,40).